The van der Waals surface area contributed by atoms with E-state index in [1.54, 1.807) is 24.7 Å². The third kappa shape index (κ3) is 4.23. The molecule has 1 fully saturated rings. The minimum absolute atomic E-state index is 0.0653. The molecule has 0 radical (unpaired) electrons. The summed E-state index contributed by atoms with van der Waals surface area (Å²) in [7, 11) is 0. The van der Waals surface area contributed by atoms with E-state index < -0.39 is 0 Å². The SMILES string of the molecule is Cc1cnnc(-c2ccc(C(=O)NC3CCCN(c4ncccn4)C3)cc2)c1C. The van der Waals surface area contributed by atoms with E-state index in [0.717, 1.165) is 41.8 Å². The number of carbonyl (C=O) groups is 1. The molecule has 29 heavy (non-hydrogen) atoms. The largest absolute Gasteiger partial charge is 0.348 e. The van der Waals surface area contributed by atoms with Gasteiger partial charge in [-0.3, -0.25) is 4.79 Å². The highest BCUT2D eigenvalue weighted by Gasteiger charge is 2.23. The van der Waals surface area contributed by atoms with Crippen LogP contribution in [0.15, 0.2) is 48.9 Å². The van der Waals surface area contributed by atoms with Crippen molar-refractivity contribution in [2.75, 3.05) is 18.0 Å². The Balaban J connectivity index is 1.43. The molecule has 1 atom stereocenters. The van der Waals surface area contributed by atoms with Gasteiger partial charge in [0.15, 0.2) is 0 Å². The summed E-state index contributed by atoms with van der Waals surface area (Å²) >= 11 is 0. The highest BCUT2D eigenvalue weighted by molar-refractivity contribution is 5.94. The van der Waals surface area contributed by atoms with Crippen LogP contribution in [0.2, 0.25) is 0 Å². The molecule has 0 spiro atoms. The molecule has 1 aromatic carbocycles. The Morgan fingerprint density at radius 1 is 1.14 bits per heavy atom. The molecular formula is C22H24N6O. The molecule has 7 nitrogen and oxygen atoms in total. The third-order valence-corrected chi connectivity index (χ3v) is 5.37. The van der Waals surface area contributed by atoms with Gasteiger partial charge in [-0.1, -0.05) is 12.1 Å². The number of nitrogens with zero attached hydrogens (tertiary/aromatic N) is 5. The molecule has 0 aliphatic carbocycles. The maximum Gasteiger partial charge on any atom is 0.251 e. The average Bonchev–Trinajstić information content (AvgIpc) is 2.77. The van der Waals surface area contributed by atoms with Gasteiger partial charge in [0.1, 0.15) is 0 Å². The number of hydrogen-bond acceptors (Lipinski definition) is 6. The number of benzene rings is 1. The van der Waals surface area contributed by atoms with Crippen LogP contribution in [0.1, 0.15) is 34.3 Å². The first-order chi connectivity index (χ1) is 14.1. The van der Waals surface area contributed by atoms with Gasteiger partial charge in [0.2, 0.25) is 5.95 Å². The van der Waals surface area contributed by atoms with Crippen LogP contribution in [-0.4, -0.2) is 45.2 Å². The van der Waals surface area contributed by atoms with Crippen LogP contribution in [0.5, 0.6) is 0 Å². The molecule has 2 aromatic heterocycles. The standard InChI is InChI=1S/C22H24N6O/c1-15-13-25-27-20(16(15)2)17-6-8-18(9-7-17)21(29)26-19-5-3-12-28(14-19)22-23-10-4-11-24-22/h4,6-11,13,19H,3,5,12,14H2,1-2H3,(H,26,29). The van der Waals surface area contributed by atoms with Crippen molar-refractivity contribution in [1.29, 1.82) is 0 Å². The lowest BCUT2D eigenvalue weighted by Crippen LogP contribution is -2.48. The van der Waals surface area contributed by atoms with Gasteiger partial charge in [0.05, 0.1) is 11.9 Å². The third-order valence-electron chi connectivity index (χ3n) is 5.37. The lowest BCUT2D eigenvalue weighted by Gasteiger charge is -2.33. The van der Waals surface area contributed by atoms with E-state index in [9.17, 15) is 4.79 Å². The first-order valence-electron chi connectivity index (χ1n) is 9.84. The highest BCUT2D eigenvalue weighted by Crippen LogP contribution is 2.23. The van der Waals surface area contributed by atoms with Crippen molar-refractivity contribution in [2.45, 2.75) is 32.7 Å². The molecule has 7 heteroatoms. The zero-order valence-electron chi connectivity index (χ0n) is 16.7. The fourth-order valence-corrected chi connectivity index (χ4v) is 3.59. The van der Waals surface area contributed by atoms with E-state index in [0.29, 0.717) is 18.1 Å². The predicted molar refractivity (Wildman–Crippen MR) is 112 cm³/mol. The van der Waals surface area contributed by atoms with Crippen LogP contribution >= 0.6 is 0 Å². The molecule has 1 unspecified atom stereocenters. The molecule has 148 valence electrons. The van der Waals surface area contributed by atoms with Gasteiger partial charge in [-0.15, -0.1) is 0 Å². The van der Waals surface area contributed by atoms with Gasteiger partial charge >= 0.3 is 0 Å². The smallest absolute Gasteiger partial charge is 0.251 e. The topological polar surface area (TPSA) is 83.9 Å². The van der Waals surface area contributed by atoms with Gasteiger partial charge < -0.3 is 10.2 Å². The van der Waals surface area contributed by atoms with Crippen molar-refractivity contribution >= 4 is 11.9 Å². The molecule has 1 aliphatic heterocycles. The Hall–Kier alpha value is -3.35. The first-order valence-corrected chi connectivity index (χ1v) is 9.84. The van der Waals surface area contributed by atoms with Gasteiger partial charge in [0, 0.05) is 42.7 Å². The van der Waals surface area contributed by atoms with Gasteiger partial charge in [-0.25, -0.2) is 9.97 Å². The second-order valence-electron chi connectivity index (χ2n) is 7.39. The molecule has 0 bridgehead atoms. The zero-order chi connectivity index (χ0) is 20.2. The number of piperidine rings is 1. The van der Waals surface area contributed by atoms with Crippen molar-refractivity contribution in [3.8, 4) is 11.3 Å². The highest BCUT2D eigenvalue weighted by atomic mass is 16.1. The molecule has 1 amide bonds. The summed E-state index contributed by atoms with van der Waals surface area (Å²) in [6.45, 7) is 5.67. The number of carbonyl (C=O) groups excluding carboxylic acids is 1. The van der Waals surface area contributed by atoms with E-state index in [2.05, 4.69) is 30.4 Å². The first kappa shape index (κ1) is 19.0. The van der Waals surface area contributed by atoms with E-state index in [-0.39, 0.29) is 11.9 Å². The Bertz CT molecular complexity index is 990. The molecule has 1 N–H and O–H groups in total. The second kappa shape index (κ2) is 8.34. The van der Waals surface area contributed by atoms with Crippen molar-refractivity contribution in [2.24, 2.45) is 0 Å². The quantitative estimate of drug-likeness (QED) is 0.740. The fourth-order valence-electron chi connectivity index (χ4n) is 3.59. The van der Waals surface area contributed by atoms with Crippen molar-refractivity contribution in [1.82, 2.24) is 25.5 Å². The number of aromatic nitrogens is 4. The van der Waals surface area contributed by atoms with Crippen LogP contribution in [0, 0.1) is 13.8 Å². The Morgan fingerprint density at radius 3 is 2.66 bits per heavy atom. The van der Waals surface area contributed by atoms with Crippen LogP contribution in [0.4, 0.5) is 5.95 Å². The molecule has 4 rings (SSSR count). The van der Waals surface area contributed by atoms with Crippen molar-refractivity contribution in [3.05, 3.63) is 65.6 Å². The van der Waals surface area contributed by atoms with Gasteiger partial charge in [-0.2, -0.15) is 10.2 Å². The molecule has 3 aromatic rings. The van der Waals surface area contributed by atoms with Gasteiger partial charge in [0.25, 0.3) is 5.91 Å². The number of amides is 1. The van der Waals surface area contributed by atoms with E-state index in [4.69, 9.17) is 0 Å². The Labute approximate surface area is 170 Å². The van der Waals surface area contributed by atoms with Crippen LogP contribution in [0.3, 0.4) is 0 Å². The number of nitrogens with one attached hydrogen (secondary N) is 1. The molecule has 1 saturated heterocycles. The number of aryl methyl sites for hydroxylation is 1. The van der Waals surface area contributed by atoms with E-state index in [1.807, 2.05) is 38.1 Å². The van der Waals surface area contributed by atoms with Crippen LogP contribution < -0.4 is 10.2 Å². The van der Waals surface area contributed by atoms with Crippen LogP contribution in [-0.2, 0) is 0 Å². The summed E-state index contributed by atoms with van der Waals surface area (Å²) < 4.78 is 0. The van der Waals surface area contributed by atoms with E-state index in [1.165, 1.54) is 0 Å². The second-order valence-corrected chi connectivity index (χ2v) is 7.39. The van der Waals surface area contributed by atoms with Gasteiger partial charge in [-0.05, 0) is 56.0 Å². The summed E-state index contributed by atoms with van der Waals surface area (Å²) in [5.41, 5.74) is 4.65. The van der Waals surface area contributed by atoms with Crippen molar-refractivity contribution in [3.63, 3.8) is 0 Å². The number of rotatable bonds is 4. The number of hydrogen-bond donors (Lipinski definition) is 1. The summed E-state index contributed by atoms with van der Waals surface area (Å²) in [5, 5.41) is 11.4. The number of anilines is 1. The lowest BCUT2D eigenvalue weighted by molar-refractivity contribution is 0.0933. The minimum Gasteiger partial charge on any atom is -0.348 e. The molecule has 3 heterocycles. The Morgan fingerprint density at radius 2 is 1.90 bits per heavy atom. The maximum absolute atomic E-state index is 12.7. The summed E-state index contributed by atoms with van der Waals surface area (Å²) in [6, 6.07) is 9.42. The normalized spacial score (nSPS) is 16.5. The predicted octanol–water partition coefficient (Wildman–Crippen LogP) is 2.95. The lowest BCUT2D eigenvalue weighted by atomic mass is 10.0. The molecular weight excluding hydrogens is 364 g/mol. The summed E-state index contributed by atoms with van der Waals surface area (Å²) in [5.74, 6) is 0.648. The fraction of sp³-hybridized carbons (Fsp3) is 0.318. The van der Waals surface area contributed by atoms with E-state index >= 15 is 0 Å². The maximum atomic E-state index is 12.7. The van der Waals surface area contributed by atoms with Crippen molar-refractivity contribution < 1.29 is 4.79 Å². The monoisotopic (exact) mass is 388 g/mol. The summed E-state index contributed by atoms with van der Waals surface area (Å²) in [4.78, 5) is 23.5. The zero-order valence-corrected chi connectivity index (χ0v) is 16.7. The average molecular weight is 388 g/mol. The Kier molecular flexibility index (Phi) is 5.46. The summed E-state index contributed by atoms with van der Waals surface area (Å²) in [6.07, 6.45) is 7.19. The molecule has 1 aliphatic rings. The minimum atomic E-state index is -0.0653. The van der Waals surface area contributed by atoms with Crippen LogP contribution in [0.25, 0.3) is 11.3 Å². The molecule has 0 saturated carbocycles.